The molecule has 15 heteroatoms. The molecule has 0 saturated carbocycles. The molecule has 0 radical (unpaired) electrons. The smallest absolute Gasteiger partial charge is 0.210 e. The maximum atomic E-state index is 9.27. The zero-order chi connectivity index (χ0) is 95.3. The Kier molecular flexibility index (Phi) is 19.9. The Morgan fingerprint density at radius 1 is 0.162 bits per heavy atom. The van der Waals surface area contributed by atoms with Gasteiger partial charge in [0.1, 0.15) is 0 Å². The van der Waals surface area contributed by atoms with E-state index in [9.17, 15) is 5.26 Å². The number of nitriles is 1. The molecule has 142 heavy (non-hydrogen) atoms. The van der Waals surface area contributed by atoms with Gasteiger partial charge in [0.15, 0.2) is 28.4 Å². The Morgan fingerprint density at radius 3 is 0.697 bits per heavy atom. The summed E-state index contributed by atoms with van der Waals surface area (Å²) in [5.74, 6) is 0. The Morgan fingerprint density at radius 2 is 0.387 bits per heavy atom. The average molecular weight is 1810 g/mol. The lowest BCUT2D eigenvalue weighted by atomic mass is 10.1. The van der Waals surface area contributed by atoms with E-state index in [4.69, 9.17) is 39.4 Å². The van der Waals surface area contributed by atoms with Gasteiger partial charge in [-0.25, -0.2) is 29.1 Å². The van der Waals surface area contributed by atoms with Gasteiger partial charge in [-0.05, 0) is 210 Å². The van der Waals surface area contributed by atoms with Crippen LogP contribution in [-0.2, 0) is 0 Å². The second-order valence-electron chi connectivity index (χ2n) is 35.0. The monoisotopic (exact) mass is 1810 g/mol. The van der Waals surface area contributed by atoms with E-state index >= 15 is 0 Å². The summed E-state index contributed by atoms with van der Waals surface area (Å²) in [6.07, 6.45) is 0. The van der Waals surface area contributed by atoms with Crippen LogP contribution in [-0.4, -0.2) is 36.5 Å². The second-order valence-corrected chi connectivity index (χ2v) is 35.0. The van der Waals surface area contributed by atoms with Crippen molar-refractivity contribution >= 4 is 209 Å². The van der Waals surface area contributed by atoms with Gasteiger partial charge in [0.25, 0.3) is 0 Å². The summed E-state index contributed by atoms with van der Waals surface area (Å²) in [6, 6.07) is 153. The van der Waals surface area contributed by atoms with E-state index in [2.05, 4.69) is 369 Å². The van der Waals surface area contributed by atoms with Crippen molar-refractivity contribution in [1.82, 2.24) is 36.5 Å². The van der Waals surface area contributed by atoms with Gasteiger partial charge in [0.2, 0.25) is 5.69 Å². The number of fused-ring (bicyclic) bond motifs is 24. The van der Waals surface area contributed by atoms with E-state index in [1.807, 2.05) is 146 Å². The maximum Gasteiger partial charge on any atom is 0.210 e. The van der Waals surface area contributed by atoms with Crippen LogP contribution < -0.4 is 0 Å². The third-order valence-electron chi connectivity index (χ3n) is 27.5. The van der Waals surface area contributed by atoms with Crippen molar-refractivity contribution in [1.29, 1.82) is 5.26 Å². The molecular formula is C127H73N15. The Hall–Kier alpha value is -20.8. The quantitative estimate of drug-likeness (QED) is 0.139. The fraction of sp³-hybridized carbons (Fsp3) is 0. The van der Waals surface area contributed by atoms with Gasteiger partial charge in [0.05, 0.1) is 168 Å². The number of hydrogen-bond acceptors (Lipinski definition) is 1. The van der Waals surface area contributed by atoms with E-state index in [-0.39, 0.29) is 0 Å². The van der Waals surface area contributed by atoms with E-state index in [1.54, 1.807) is 0 Å². The maximum absolute atomic E-state index is 9.27. The molecule has 0 bridgehead atoms. The molecule has 0 aliphatic rings. The fourth-order valence-electron chi connectivity index (χ4n) is 21.7. The van der Waals surface area contributed by atoms with Crippen molar-refractivity contribution in [3.05, 3.63) is 517 Å². The number of rotatable bonds is 8. The summed E-state index contributed by atoms with van der Waals surface area (Å²) in [5, 5.41) is 27.7. The first kappa shape index (κ1) is 83.1. The molecule has 0 atom stereocenters. The van der Waals surface area contributed by atoms with Crippen molar-refractivity contribution in [3.8, 4) is 51.6 Å². The number of hydrogen-bond donors (Lipinski definition) is 0. The molecule has 15 nitrogen and oxygen atoms in total. The van der Waals surface area contributed by atoms with Gasteiger partial charge in [-0.1, -0.05) is 249 Å². The summed E-state index contributed by atoms with van der Waals surface area (Å²) < 4.78 is 18.3. The second kappa shape index (κ2) is 34.0. The van der Waals surface area contributed by atoms with Crippen LogP contribution in [0.4, 0.5) is 34.1 Å². The lowest BCUT2D eigenvalue weighted by Gasteiger charge is -2.12. The number of aromatic nitrogens is 8. The highest BCUT2D eigenvalue weighted by atomic mass is 15.1. The van der Waals surface area contributed by atoms with Crippen molar-refractivity contribution in [2.75, 3.05) is 0 Å². The predicted octanol–water partition coefficient (Wildman–Crippen LogP) is 34.7. The van der Waals surface area contributed by atoms with Crippen molar-refractivity contribution in [2.45, 2.75) is 0 Å². The van der Waals surface area contributed by atoms with Gasteiger partial charge in [-0.15, -0.1) is 0 Å². The van der Waals surface area contributed by atoms with Gasteiger partial charge in [-0.2, -0.15) is 5.26 Å². The first-order chi connectivity index (χ1) is 70.2. The minimum atomic E-state index is 0.618. The van der Waals surface area contributed by atoms with Crippen molar-refractivity contribution in [2.24, 2.45) is 0 Å². The molecule has 0 aliphatic carbocycles. The van der Waals surface area contributed by atoms with E-state index in [0.717, 1.165) is 187 Å². The molecule has 0 saturated heterocycles. The molecule has 0 fully saturated rings. The first-order valence-electron chi connectivity index (χ1n) is 46.5. The topological polar surface area (TPSA) is 89.4 Å². The third-order valence-corrected chi connectivity index (χ3v) is 27.5. The minimum Gasteiger partial charge on any atom is -0.319 e. The molecular weight excluding hydrogens is 1740 g/mol. The van der Waals surface area contributed by atoms with Gasteiger partial charge >= 0.3 is 0 Å². The molecule has 28 rings (SSSR count). The molecule has 28 aromatic rings. The normalized spacial score (nSPS) is 11.3. The highest BCUT2D eigenvalue weighted by molar-refractivity contribution is 6.22. The zero-order valence-corrected chi connectivity index (χ0v) is 75.9. The highest BCUT2D eigenvalue weighted by Crippen LogP contribution is 2.48. The van der Waals surface area contributed by atoms with E-state index < -0.39 is 0 Å². The summed E-state index contributed by atoms with van der Waals surface area (Å²) >= 11 is 0. The van der Waals surface area contributed by atoms with Crippen LogP contribution >= 0.6 is 0 Å². The summed E-state index contributed by atoms with van der Waals surface area (Å²) in [4.78, 5) is 22.1. The molecule has 0 spiro atoms. The molecule has 8 aromatic heterocycles. The van der Waals surface area contributed by atoms with Gasteiger partial charge < -0.3 is 36.5 Å². The third kappa shape index (κ3) is 13.1. The Labute approximate surface area is 813 Å². The highest BCUT2D eigenvalue weighted by Gasteiger charge is 2.27. The molecule has 0 unspecified atom stereocenters. The molecule has 656 valence electrons. The van der Waals surface area contributed by atoms with E-state index in [1.165, 1.54) is 32.6 Å². The lowest BCUT2D eigenvalue weighted by Crippen LogP contribution is -1.96. The predicted molar refractivity (Wildman–Crippen MR) is 583 cm³/mol. The van der Waals surface area contributed by atoms with Crippen molar-refractivity contribution in [3.63, 3.8) is 0 Å². The van der Waals surface area contributed by atoms with Crippen molar-refractivity contribution < 1.29 is 0 Å². The molecule has 0 amide bonds. The van der Waals surface area contributed by atoms with Crippen LogP contribution in [0.15, 0.2) is 443 Å². The SMILES string of the molecule is [C-]#[N+]c1ccc2c(c1)c1ccccc1n2-c1cccc2c1c1ccccc1n2-c1ccc(C#N)cc1.[C-]#[N+]c1ccc2c(c1)c1ccccc1n2-c1cccc2c1c1ccccc1n2-c1ccccc1[N+]#[C-].[C-]#[N+]c1cccc(-n2c3ccccc3c3c(-n4c5ccccc5c5cc([N+]#[C-])ccc54)cccc32)c1.[C-]#[N+]c1cccc(-n2c3ccccc3c3c(-n4c5ccccc5c5ccccc54)cccc32)c1. The minimum absolute atomic E-state index is 0.618. The Balaban J connectivity index is 0.0000000995. The van der Waals surface area contributed by atoms with Crippen LogP contribution in [0.3, 0.4) is 0 Å². The number of para-hydroxylation sites is 11. The van der Waals surface area contributed by atoms with Gasteiger partial charge in [-0.3, -0.25) is 0 Å². The molecule has 8 heterocycles. The average Bonchev–Trinajstić information content (AvgIpc) is 1.57. The van der Waals surface area contributed by atoms with Crippen LogP contribution in [0.25, 0.3) is 249 Å². The van der Waals surface area contributed by atoms with Gasteiger partial charge in [0, 0.05) is 87.1 Å². The lowest BCUT2D eigenvalue weighted by molar-refractivity contribution is 1.17. The summed E-state index contributed by atoms with van der Waals surface area (Å²) in [7, 11) is 0. The zero-order valence-electron chi connectivity index (χ0n) is 75.9. The summed E-state index contributed by atoms with van der Waals surface area (Å²) in [6.45, 7) is 45.3. The Bertz CT molecular complexity index is 10500. The summed E-state index contributed by atoms with van der Waals surface area (Å²) in [5.41, 5.74) is 30.4. The standard InChI is InChI=1S/3C32H18N4.C31H19N3/c1-33-21-18-19-28-24(20-21)22-10-3-6-13-26(22)35(28)30-16-9-17-31-32(30)23-11-4-7-14-27(23)36(31)29-15-8-5-12-25(29)34-2;1-33-21-9-7-10-23(19-21)35-28-14-6-4-12-25(28)32-30(35)15-8-16-31(32)36-27-13-5-3-11-24(27)26-20-22(34-2)17-18-29(26)36;1-34-22-15-18-29-26(19-22)24-7-2-4-9-27(24)36(29)31-12-6-11-30-32(31)25-8-3-5-10-28(25)35(30)23-16-13-21(20-33)14-17-23;1-32-21-10-8-11-22(20-21)33-28-17-7-4-14-25(28)31-29(33)18-9-19-30(31)34-26-15-5-2-12-23(26)24-13-3-6-16-27(24)34/h2*3-20H;2-19H;2-20H. The number of nitrogens with zero attached hydrogens (tertiary/aromatic N) is 15. The molecule has 0 aliphatic heterocycles. The molecule has 20 aromatic carbocycles. The number of benzene rings is 20. The van der Waals surface area contributed by atoms with Crippen LogP contribution in [0.1, 0.15) is 5.56 Å². The van der Waals surface area contributed by atoms with Crippen LogP contribution in [0, 0.1) is 50.8 Å². The largest absolute Gasteiger partial charge is 0.319 e. The molecule has 0 N–H and O–H groups in total. The van der Waals surface area contributed by atoms with E-state index in [0.29, 0.717) is 39.7 Å². The first-order valence-corrected chi connectivity index (χ1v) is 46.5. The van der Waals surface area contributed by atoms with Crippen LogP contribution in [0.2, 0.25) is 0 Å². The van der Waals surface area contributed by atoms with Crippen LogP contribution in [0.5, 0.6) is 0 Å². The fourth-order valence-corrected chi connectivity index (χ4v) is 21.7.